The molecule has 3 heterocycles. The average Bonchev–Trinajstić information content (AvgIpc) is 3.01. The van der Waals surface area contributed by atoms with Crippen LogP contribution in [0.5, 0.6) is 0 Å². The molecule has 4 rings (SSSR count). The van der Waals surface area contributed by atoms with Gasteiger partial charge in [-0.3, -0.25) is 9.69 Å². The molecule has 1 aromatic carbocycles. The standard InChI is InChI=1S/C24H29N3O4/c1-5-16-10-20(24(29)30)23(28)25-22(16)17-6-7-21-18(8-17)9-19(26(21)4)13-27-11-14(2)31-15(3)12-27/h6-10,14-15H,5,11-13H2,1-4H3,(H,25,28)(H,29,30)/t14-,15+. The van der Waals surface area contributed by atoms with Crippen molar-refractivity contribution >= 4 is 16.9 Å². The molecule has 0 unspecified atom stereocenters. The number of pyridine rings is 1. The predicted octanol–water partition coefficient (Wildman–Crippen LogP) is 3.40. The maximum absolute atomic E-state index is 12.3. The maximum atomic E-state index is 12.3. The third-order valence-electron chi connectivity index (χ3n) is 6.05. The lowest BCUT2D eigenvalue weighted by Crippen LogP contribution is -2.45. The van der Waals surface area contributed by atoms with Crippen molar-refractivity contribution in [2.24, 2.45) is 7.05 Å². The first-order valence-electron chi connectivity index (χ1n) is 10.7. The van der Waals surface area contributed by atoms with Gasteiger partial charge in [0, 0.05) is 43.3 Å². The van der Waals surface area contributed by atoms with E-state index in [2.05, 4.69) is 53.5 Å². The number of ether oxygens (including phenoxy) is 1. The number of aryl methyl sites for hydroxylation is 2. The molecule has 1 saturated heterocycles. The molecule has 1 fully saturated rings. The summed E-state index contributed by atoms with van der Waals surface area (Å²) in [4.78, 5) is 28.8. The molecule has 0 amide bonds. The van der Waals surface area contributed by atoms with Crippen molar-refractivity contribution in [1.29, 1.82) is 0 Å². The fourth-order valence-electron chi connectivity index (χ4n) is 4.62. The van der Waals surface area contributed by atoms with E-state index in [1.165, 1.54) is 11.8 Å². The number of hydrogen-bond donors (Lipinski definition) is 2. The van der Waals surface area contributed by atoms with E-state index in [0.717, 1.165) is 41.7 Å². The summed E-state index contributed by atoms with van der Waals surface area (Å²) in [5.41, 5.74) is 3.91. The summed E-state index contributed by atoms with van der Waals surface area (Å²) in [5, 5.41) is 10.3. The molecule has 2 N–H and O–H groups in total. The molecular weight excluding hydrogens is 394 g/mol. The van der Waals surface area contributed by atoms with E-state index in [1.54, 1.807) is 0 Å². The number of aromatic nitrogens is 2. The Bertz CT molecular complexity index is 1180. The van der Waals surface area contributed by atoms with Crippen molar-refractivity contribution < 1.29 is 14.6 Å². The number of fused-ring (bicyclic) bond motifs is 1. The Morgan fingerprint density at radius 1 is 1.19 bits per heavy atom. The molecule has 0 bridgehead atoms. The van der Waals surface area contributed by atoms with Crippen LogP contribution >= 0.6 is 0 Å². The molecule has 2 aromatic heterocycles. The van der Waals surface area contributed by atoms with E-state index >= 15 is 0 Å². The van der Waals surface area contributed by atoms with Gasteiger partial charge in [-0.2, -0.15) is 0 Å². The SMILES string of the molecule is CCc1cc(C(=O)O)c(=O)[nH]c1-c1ccc2c(c1)cc(CN1C[C@@H](C)O[C@@H](C)C1)n2C. The van der Waals surface area contributed by atoms with Crippen molar-refractivity contribution in [3.05, 3.63) is 57.5 Å². The van der Waals surface area contributed by atoms with Gasteiger partial charge in [0.2, 0.25) is 0 Å². The number of carboxylic acids is 1. The first-order valence-corrected chi connectivity index (χ1v) is 10.7. The normalized spacial score (nSPS) is 19.7. The molecule has 0 aliphatic carbocycles. The summed E-state index contributed by atoms with van der Waals surface area (Å²) >= 11 is 0. The van der Waals surface area contributed by atoms with Crippen LogP contribution in [0.2, 0.25) is 0 Å². The van der Waals surface area contributed by atoms with Gasteiger partial charge in [-0.25, -0.2) is 4.79 Å². The molecule has 0 saturated carbocycles. The third kappa shape index (κ3) is 4.16. The first kappa shape index (κ1) is 21.3. The zero-order chi connectivity index (χ0) is 22.3. The molecule has 2 atom stereocenters. The Morgan fingerprint density at radius 2 is 1.90 bits per heavy atom. The molecule has 7 heteroatoms. The van der Waals surface area contributed by atoms with Gasteiger partial charge in [-0.15, -0.1) is 0 Å². The van der Waals surface area contributed by atoms with Crippen molar-refractivity contribution in [1.82, 2.24) is 14.5 Å². The lowest BCUT2D eigenvalue weighted by molar-refractivity contribution is -0.0709. The van der Waals surface area contributed by atoms with E-state index in [-0.39, 0.29) is 17.8 Å². The zero-order valence-corrected chi connectivity index (χ0v) is 18.4. The lowest BCUT2D eigenvalue weighted by Gasteiger charge is -2.35. The number of rotatable bonds is 5. The molecule has 0 radical (unpaired) electrons. The molecule has 3 aromatic rings. The van der Waals surface area contributed by atoms with E-state index < -0.39 is 11.5 Å². The summed E-state index contributed by atoms with van der Waals surface area (Å²) < 4.78 is 8.06. The van der Waals surface area contributed by atoms with Crippen molar-refractivity contribution in [3.63, 3.8) is 0 Å². The fourth-order valence-corrected chi connectivity index (χ4v) is 4.62. The molecule has 0 spiro atoms. The number of aromatic carboxylic acids is 1. The average molecular weight is 424 g/mol. The highest BCUT2D eigenvalue weighted by molar-refractivity contribution is 5.89. The highest BCUT2D eigenvalue weighted by Crippen LogP contribution is 2.28. The van der Waals surface area contributed by atoms with Crippen molar-refractivity contribution in [3.8, 4) is 11.3 Å². The molecule has 1 aliphatic heterocycles. The fraction of sp³-hybridized carbons (Fsp3) is 0.417. The van der Waals surface area contributed by atoms with E-state index in [1.807, 2.05) is 13.0 Å². The summed E-state index contributed by atoms with van der Waals surface area (Å²) in [6.07, 6.45) is 1.07. The summed E-state index contributed by atoms with van der Waals surface area (Å²) in [5.74, 6) is -1.21. The largest absolute Gasteiger partial charge is 0.477 e. The van der Waals surface area contributed by atoms with Crippen LogP contribution < -0.4 is 5.56 Å². The number of aromatic amines is 1. The van der Waals surface area contributed by atoms with Crippen LogP contribution in [0.4, 0.5) is 0 Å². The Labute approximate surface area is 181 Å². The number of hydrogen-bond acceptors (Lipinski definition) is 4. The summed E-state index contributed by atoms with van der Waals surface area (Å²) in [7, 11) is 2.08. The van der Waals surface area contributed by atoms with Crippen molar-refractivity contribution in [2.75, 3.05) is 13.1 Å². The second-order valence-corrected chi connectivity index (χ2v) is 8.49. The second kappa shape index (κ2) is 8.32. The number of nitrogens with zero attached hydrogens (tertiary/aromatic N) is 2. The van der Waals surface area contributed by atoms with Crippen molar-refractivity contribution in [2.45, 2.75) is 45.9 Å². The van der Waals surface area contributed by atoms with Gasteiger partial charge >= 0.3 is 5.97 Å². The predicted molar refractivity (Wildman–Crippen MR) is 121 cm³/mol. The molecule has 164 valence electrons. The third-order valence-corrected chi connectivity index (χ3v) is 6.05. The van der Waals surface area contributed by atoms with Crippen LogP contribution in [0, 0.1) is 0 Å². The van der Waals surface area contributed by atoms with E-state index in [0.29, 0.717) is 12.1 Å². The topological polar surface area (TPSA) is 87.6 Å². The zero-order valence-electron chi connectivity index (χ0n) is 18.4. The van der Waals surface area contributed by atoms with E-state index in [4.69, 9.17) is 4.74 Å². The van der Waals surface area contributed by atoms with Crippen LogP contribution in [-0.4, -0.2) is 50.8 Å². The van der Waals surface area contributed by atoms with Gasteiger partial charge in [0.05, 0.1) is 17.9 Å². The number of nitrogens with one attached hydrogen (secondary N) is 1. The van der Waals surface area contributed by atoms with Gasteiger partial charge in [0.1, 0.15) is 5.56 Å². The molecular formula is C24H29N3O4. The van der Waals surface area contributed by atoms with Gasteiger partial charge in [-0.1, -0.05) is 13.0 Å². The number of carbonyl (C=O) groups is 1. The molecule has 31 heavy (non-hydrogen) atoms. The number of benzene rings is 1. The monoisotopic (exact) mass is 423 g/mol. The summed E-state index contributed by atoms with van der Waals surface area (Å²) in [6, 6.07) is 9.78. The van der Waals surface area contributed by atoms with Gasteiger partial charge in [-0.05, 0) is 55.7 Å². The quantitative estimate of drug-likeness (QED) is 0.657. The van der Waals surface area contributed by atoms with Crippen LogP contribution in [-0.2, 0) is 24.8 Å². The Morgan fingerprint density at radius 3 is 2.55 bits per heavy atom. The van der Waals surface area contributed by atoms with Gasteiger partial charge < -0.3 is 19.4 Å². The highest BCUT2D eigenvalue weighted by atomic mass is 16.5. The van der Waals surface area contributed by atoms with Crippen LogP contribution in [0.25, 0.3) is 22.2 Å². The van der Waals surface area contributed by atoms with Crippen LogP contribution in [0.1, 0.15) is 42.4 Å². The van der Waals surface area contributed by atoms with E-state index in [9.17, 15) is 14.7 Å². The van der Waals surface area contributed by atoms with Gasteiger partial charge in [0.15, 0.2) is 0 Å². The molecule has 7 nitrogen and oxygen atoms in total. The number of H-pyrrole nitrogens is 1. The number of carboxylic acid groups (broad SMARTS) is 1. The van der Waals surface area contributed by atoms with Gasteiger partial charge in [0.25, 0.3) is 5.56 Å². The lowest BCUT2D eigenvalue weighted by atomic mass is 10.0. The summed E-state index contributed by atoms with van der Waals surface area (Å²) in [6.45, 7) is 8.84. The Balaban J connectivity index is 1.70. The number of morpholine rings is 1. The highest BCUT2D eigenvalue weighted by Gasteiger charge is 2.23. The Hall–Kier alpha value is -2.90. The minimum Gasteiger partial charge on any atom is -0.477 e. The smallest absolute Gasteiger partial charge is 0.341 e. The minimum absolute atomic E-state index is 0.224. The van der Waals surface area contributed by atoms with Crippen LogP contribution in [0.15, 0.2) is 35.1 Å². The van der Waals surface area contributed by atoms with Crippen LogP contribution in [0.3, 0.4) is 0 Å². The second-order valence-electron chi connectivity index (χ2n) is 8.49. The molecule has 1 aliphatic rings. The Kier molecular flexibility index (Phi) is 5.73. The maximum Gasteiger partial charge on any atom is 0.341 e. The minimum atomic E-state index is -1.21. The first-order chi connectivity index (χ1) is 14.8.